The molecular formula is C9H14N2O6. The van der Waals surface area contributed by atoms with Crippen LogP contribution in [-0.4, -0.2) is 41.3 Å². The van der Waals surface area contributed by atoms with E-state index in [0.717, 1.165) is 0 Å². The summed E-state index contributed by atoms with van der Waals surface area (Å²) in [6.45, 7) is 4.10. The number of ether oxygens (including phenoxy) is 2. The summed E-state index contributed by atoms with van der Waals surface area (Å²) in [6, 6.07) is 0. The normalized spacial score (nSPS) is 22.8. The molecule has 0 spiro atoms. The van der Waals surface area contributed by atoms with E-state index in [1.165, 1.54) is 27.9 Å². The fourth-order valence-corrected chi connectivity index (χ4v) is 1.38. The summed E-state index contributed by atoms with van der Waals surface area (Å²) < 4.78 is 9.76. The molecular weight excluding hydrogens is 232 g/mol. The largest absolute Gasteiger partial charge is 0.421 e. The first-order valence-electron chi connectivity index (χ1n) is 4.76. The van der Waals surface area contributed by atoms with Crippen molar-refractivity contribution >= 4 is 17.7 Å². The maximum absolute atomic E-state index is 11.8. The van der Waals surface area contributed by atoms with Crippen LogP contribution in [-0.2, 0) is 23.9 Å². The van der Waals surface area contributed by atoms with E-state index in [0.29, 0.717) is 0 Å². The number of hydrogen-bond donors (Lipinski definition) is 2. The number of carbonyl (C=O) groups is 2. The molecule has 1 rings (SSSR count). The van der Waals surface area contributed by atoms with Crippen molar-refractivity contribution < 1.29 is 29.1 Å². The summed E-state index contributed by atoms with van der Waals surface area (Å²) >= 11 is 0. The Morgan fingerprint density at radius 3 is 2.18 bits per heavy atom. The Hall–Kier alpha value is -1.67. The molecule has 8 heteroatoms. The van der Waals surface area contributed by atoms with E-state index in [4.69, 9.17) is 14.7 Å². The molecule has 8 nitrogen and oxygen atoms in total. The maximum atomic E-state index is 11.8. The Morgan fingerprint density at radius 1 is 1.35 bits per heavy atom. The second-order valence-corrected chi connectivity index (χ2v) is 3.90. The van der Waals surface area contributed by atoms with E-state index in [9.17, 15) is 9.59 Å². The third-order valence-electron chi connectivity index (χ3n) is 2.23. The van der Waals surface area contributed by atoms with Crippen molar-refractivity contribution in [2.24, 2.45) is 5.16 Å². The van der Waals surface area contributed by atoms with Crippen molar-refractivity contribution in [1.82, 2.24) is 5.48 Å². The average molecular weight is 246 g/mol. The third-order valence-corrected chi connectivity index (χ3v) is 2.23. The van der Waals surface area contributed by atoms with Gasteiger partial charge in [0.05, 0.1) is 5.71 Å². The molecule has 1 saturated heterocycles. The van der Waals surface area contributed by atoms with Crippen LogP contribution in [0, 0.1) is 0 Å². The fraction of sp³-hybridized carbons (Fsp3) is 0.667. The zero-order chi connectivity index (χ0) is 13.3. The summed E-state index contributed by atoms with van der Waals surface area (Å²) in [6.07, 6.45) is 0. The van der Waals surface area contributed by atoms with Crippen LogP contribution in [0.4, 0.5) is 0 Å². The van der Waals surface area contributed by atoms with Gasteiger partial charge in [-0.15, -0.1) is 0 Å². The van der Waals surface area contributed by atoms with Crippen molar-refractivity contribution in [3.8, 4) is 0 Å². The predicted molar refractivity (Wildman–Crippen MR) is 54.0 cm³/mol. The van der Waals surface area contributed by atoms with Gasteiger partial charge >= 0.3 is 11.9 Å². The van der Waals surface area contributed by atoms with Crippen molar-refractivity contribution in [2.75, 3.05) is 7.11 Å². The lowest BCUT2D eigenvalue weighted by molar-refractivity contribution is -0.244. The van der Waals surface area contributed by atoms with Crippen LogP contribution in [0.3, 0.4) is 0 Å². The summed E-state index contributed by atoms with van der Waals surface area (Å²) in [5.74, 6) is -3.42. The van der Waals surface area contributed by atoms with Gasteiger partial charge in [0.25, 0.3) is 11.3 Å². The Kier molecular flexibility index (Phi) is 3.39. The molecule has 0 aromatic heterocycles. The van der Waals surface area contributed by atoms with Crippen molar-refractivity contribution in [2.45, 2.75) is 32.1 Å². The Balaban J connectivity index is 3.21. The molecule has 96 valence electrons. The molecule has 1 aliphatic heterocycles. The molecule has 1 heterocycles. The van der Waals surface area contributed by atoms with Gasteiger partial charge in [0, 0.05) is 13.8 Å². The summed E-state index contributed by atoms with van der Waals surface area (Å²) in [7, 11) is 1.23. The second-order valence-electron chi connectivity index (χ2n) is 3.90. The Bertz CT molecular complexity index is 356. The van der Waals surface area contributed by atoms with Crippen LogP contribution in [0.5, 0.6) is 0 Å². The molecule has 0 unspecified atom stereocenters. The van der Waals surface area contributed by atoms with Gasteiger partial charge in [-0.1, -0.05) is 5.16 Å². The van der Waals surface area contributed by atoms with Gasteiger partial charge in [0.1, 0.15) is 7.11 Å². The quantitative estimate of drug-likeness (QED) is 0.301. The predicted octanol–water partition coefficient (Wildman–Crippen LogP) is -0.438. The van der Waals surface area contributed by atoms with Gasteiger partial charge < -0.3 is 19.5 Å². The molecule has 0 aliphatic carbocycles. The van der Waals surface area contributed by atoms with E-state index >= 15 is 0 Å². The standard InChI is InChI=1S/C9H14N2O6/c1-5(10-15-4)9(11-14)6(12)16-8(2,3)17-7(9)13/h11,14H,1-4H3. The monoisotopic (exact) mass is 246 g/mol. The molecule has 0 radical (unpaired) electrons. The molecule has 17 heavy (non-hydrogen) atoms. The summed E-state index contributed by atoms with van der Waals surface area (Å²) in [5, 5.41) is 12.5. The zero-order valence-electron chi connectivity index (χ0n) is 9.94. The molecule has 0 aromatic carbocycles. The lowest BCUT2D eigenvalue weighted by Gasteiger charge is -2.38. The zero-order valence-corrected chi connectivity index (χ0v) is 9.94. The number of cyclic esters (lactones) is 2. The highest BCUT2D eigenvalue weighted by atomic mass is 16.8. The van der Waals surface area contributed by atoms with Crippen molar-refractivity contribution in [1.29, 1.82) is 0 Å². The number of carbonyl (C=O) groups excluding carboxylic acids is 2. The van der Waals surface area contributed by atoms with Gasteiger partial charge in [0.2, 0.25) is 0 Å². The molecule has 0 bridgehead atoms. The lowest BCUT2D eigenvalue weighted by atomic mass is 9.94. The molecule has 1 aliphatic rings. The van der Waals surface area contributed by atoms with Crippen LogP contribution in [0.25, 0.3) is 0 Å². The third kappa shape index (κ3) is 2.08. The molecule has 1 fully saturated rings. The summed E-state index contributed by atoms with van der Waals surface area (Å²) in [4.78, 5) is 28.1. The summed E-state index contributed by atoms with van der Waals surface area (Å²) in [5.41, 5.74) is -0.741. The SMILES string of the molecule is CON=C(C)C1(NO)C(=O)OC(C)(C)OC1=O. The van der Waals surface area contributed by atoms with Gasteiger partial charge in [-0.25, -0.2) is 9.59 Å². The Morgan fingerprint density at radius 2 is 1.82 bits per heavy atom. The first-order chi connectivity index (χ1) is 7.80. The highest BCUT2D eigenvalue weighted by molar-refractivity contribution is 6.27. The van der Waals surface area contributed by atoms with E-state index in [1.807, 2.05) is 0 Å². The molecule has 0 atom stereocenters. The number of hydrogen-bond acceptors (Lipinski definition) is 8. The molecule has 0 amide bonds. The highest BCUT2D eigenvalue weighted by Crippen LogP contribution is 2.27. The van der Waals surface area contributed by atoms with E-state index in [-0.39, 0.29) is 5.71 Å². The minimum atomic E-state index is -2.19. The van der Waals surface area contributed by atoms with Crippen molar-refractivity contribution in [3.63, 3.8) is 0 Å². The number of esters is 2. The lowest BCUT2D eigenvalue weighted by Crippen LogP contribution is -2.68. The van der Waals surface area contributed by atoms with E-state index < -0.39 is 23.3 Å². The molecule has 2 N–H and O–H groups in total. The number of nitrogens with one attached hydrogen (secondary N) is 1. The minimum absolute atomic E-state index is 0.131. The topological polar surface area (TPSA) is 106 Å². The maximum Gasteiger partial charge on any atom is 0.349 e. The van der Waals surface area contributed by atoms with Crippen molar-refractivity contribution in [3.05, 3.63) is 0 Å². The van der Waals surface area contributed by atoms with Crippen LogP contribution in [0.15, 0.2) is 5.16 Å². The fourth-order valence-electron chi connectivity index (χ4n) is 1.38. The Labute approximate surface area is 97.5 Å². The van der Waals surface area contributed by atoms with E-state index in [1.54, 1.807) is 5.48 Å². The molecule has 0 saturated carbocycles. The average Bonchev–Trinajstić information content (AvgIpc) is 2.16. The number of nitrogens with zero attached hydrogens (tertiary/aromatic N) is 1. The van der Waals surface area contributed by atoms with E-state index in [2.05, 4.69) is 9.99 Å². The number of oxime groups is 1. The first-order valence-corrected chi connectivity index (χ1v) is 4.76. The second kappa shape index (κ2) is 4.30. The van der Waals surface area contributed by atoms with Gasteiger partial charge in [-0.2, -0.15) is 5.48 Å². The van der Waals surface area contributed by atoms with Crippen LogP contribution in [0.2, 0.25) is 0 Å². The highest BCUT2D eigenvalue weighted by Gasteiger charge is 2.59. The van der Waals surface area contributed by atoms with Crippen LogP contribution >= 0.6 is 0 Å². The van der Waals surface area contributed by atoms with Gasteiger partial charge in [-0.05, 0) is 6.92 Å². The smallest absolute Gasteiger partial charge is 0.349 e. The number of hydroxylamine groups is 1. The van der Waals surface area contributed by atoms with Crippen LogP contribution in [0.1, 0.15) is 20.8 Å². The molecule has 0 aromatic rings. The number of rotatable bonds is 3. The van der Waals surface area contributed by atoms with Gasteiger partial charge in [0.15, 0.2) is 0 Å². The van der Waals surface area contributed by atoms with Gasteiger partial charge in [-0.3, -0.25) is 0 Å². The van der Waals surface area contributed by atoms with Crippen LogP contribution < -0.4 is 5.48 Å². The first kappa shape index (κ1) is 13.4. The minimum Gasteiger partial charge on any atom is -0.421 e.